The van der Waals surface area contributed by atoms with Crippen molar-refractivity contribution in [3.63, 3.8) is 0 Å². The maximum Gasteiger partial charge on any atom is 0.0956 e. The molecule has 0 aliphatic heterocycles. The molecule has 11 heavy (non-hydrogen) atoms. The molecule has 3 heteroatoms. The van der Waals surface area contributed by atoms with Gasteiger partial charge in [0.15, 0.2) is 0 Å². The topological polar surface area (TPSA) is 31.9 Å². The summed E-state index contributed by atoms with van der Waals surface area (Å²) in [5.74, 6) is 0. The lowest BCUT2D eigenvalue weighted by Crippen LogP contribution is -2.07. The van der Waals surface area contributed by atoms with Gasteiger partial charge in [-0.15, -0.1) is 0 Å². The molecular formula is C8H10NOS. The molecule has 0 aliphatic carbocycles. The van der Waals surface area contributed by atoms with Crippen LogP contribution in [0.15, 0.2) is 35.2 Å². The van der Waals surface area contributed by atoms with Crippen LogP contribution in [0, 0.1) is 0 Å². The smallest absolute Gasteiger partial charge is 0.0956 e. The Labute approximate surface area is 70.8 Å². The zero-order chi connectivity index (χ0) is 7.94. The van der Waals surface area contributed by atoms with Gasteiger partial charge >= 0.3 is 0 Å². The Morgan fingerprint density at radius 1 is 1.27 bits per heavy atom. The molecule has 0 amide bonds. The second-order valence-electron chi connectivity index (χ2n) is 2.01. The van der Waals surface area contributed by atoms with Crippen molar-refractivity contribution < 1.29 is 5.11 Å². The molecule has 0 bridgehead atoms. The van der Waals surface area contributed by atoms with Crippen molar-refractivity contribution in [2.24, 2.45) is 0 Å². The molecule has 1 aromatic rings. The fourth-order valence-corrected chi connectivity index (χ4v) is 1.31. The van der Waals surface area contributed by atoms with E-state index in [1.807, 2.05) is 30.3 Å². The minimum absolute atomic E-state index is 0.0696. The van der Waals surface area contributed by atoms with Gasteiger partial charge in [-0.2, -0.15) is 0 Å². The lowest BCUT2D eigenvalue weighted by Gasteiger charge is -1.99. The molecule has 2 nitrogen and oxygen atoms in total. The zero-order valence-corrected chi connectivity index (χ0v) is 6.93. The standard InChI is InChI=1S/C8H10NOS/c10-7-6-9-11-8-4-2-1-3-5-8/h1-5,9H,6-7H2. The number of benzene rings is 1. The van der Waals surface area contributed by atoms with Crippen molar-refractivity contribution in [1.29, 1.82) is 0 Å². The fraction of sp³-hybridized carbons (Fsp3) is 0.250. The molecule has 0 spiro atoms. The highest BCUT2D eigenvalue weighted by Crippen LogP contribution is 2.11. The first kappa shape index (κ1) is 8.59. The molecule has 0 fully saturated rings. The average Bonchev–Trinajstić information content (AvgIpc) is 2.07. The van der Waals surface area contributed by atoms with Crippen LogP contribution in [0.2, 0.25) is 0 Å². The first-order valence-corrected chi connectivity index (χ1v) is 4.28. The largest absolute Gasteiger partial charge is 0.257 e. The molecule has 1 N–H and O–H groups in total. The van der Waals surface area contributed by atoms with Crippen LogP contribution in [0.4, 0.5) is 0 Å². The van der Waals surface area contributed by atoms with E-state index in [9.17, 15) is 5.11 Å². The quantitative estimate of drug-likeness (QED) is 0.548. The van der Waals surface area contributed by atoms with Crippen molar-refractivity contribution in [1.82, 2.24) is 4.72 Å². The van der Waals surface area contributed by atoms with Crippen LogP contribution in [-0.4, -0.2) is 13.2 Å². The van der Waals surface area contributed by atoms with Crippen molar-refractivity contribution in [3.8, 4) is 0 Å². The van der Waals surface area contributed by atoms with E-state index in [1.165, 1.54) is 11.9 Å². The van der Waals surface area contributed by atoms with Gasteiger partial charge in [0.2, 0.25) is 0 Å². The third kappa shape index (κ3) is 3.41. The predicted molar refractivity (Wildman–Crippen MR) is 45.9 cm³/mol. The number of hydrogen-bond donors (Lipinski definition) is 1. The summed E-state index contributed by atoms with van der Waals surface area (Å²) in [5.41, 5.74) is 0. The van der Waals surface area contributed by atoms with Gasteiger partial charge in [0.25, 0.3) is 0 Å². The van der Waals surface area contributed by atoms with Gasteiger partial charge in [0.1, 0.15) is 0 Å². The lowest BCUT2D eigenvalue weighted by atomic mass is 10.4. The number of hydrogen-bond acceptors (Lipinski definition) is 2. The summed E-state index contributed by atoms with van der Waals surface area (Å²) in [4.78, 5) is 1.14. The monoisotopic (exact) mass is 168 g/mol. The van der Waals surface area contributed by atoms with E-state index >= 15 is 0 Å². The first-order valence-electron chi connectivity index (χ1n) is 3.46. The van der Waals surface area contributed by atoms with Gasteiger partial charge < -0.3 is 0 Å². The van der Waals surface area contributed by atoms with Crippen LogP contribution in [0.5, 0.6) is 0 Å². The van der Waals surface area contributed by atoms with Crippen molar-refractivity contribution in [2.45, 2.75) is 4.90 Å². The highest BCUT2D eigenvalue weighted by molar-refractivity contribution is 7.97. The molecule has 1 rings (SSSR count). The summed E-state index contributed by atoms with van der Waals surface area (Å²) in [5, 5.41) is 10.0. The molecule has 1 radical (unpaired) electrons. The minimum Gasteiger partial charge on any atom is -0.257 e. The molecule has 0 aromatic heterocycles. The second-order valence-corrected chi connectivity index (χ2v) is 2.98. The van der Waals surface area contributed by atoms with Crippen LogP contribution < -0.4 is 4.72 Å². The molecule has 0 unspecified atom stereocenters. The Bertz CT molecular complexity index is 191. The Kier molecular flexibility index (Phi) is 4.04. The van der Waals surface area contributed by atoms with Crippen LogP contribution in [0.1, 0.15) is 0 Å². The van der Waals surface area contributed by atoms with E-state index in [-0.39, 0.29) is 6.61 Å². The van der Waals surface area contributed by atoms with E-state index in [0.717, 1.165) is 4.90 Å². The zero-order valence-electron chi connectivity index (χ0n) is 6.12. The molecular weight excluding hydrogens is 158 g/mol. The van der Waals surface area contributed by atoms with E-state index in [2.05, 4.69) is 4.72 Å². The van der Waals surface area contributed by atoms with Crippen LogP contribution in [0.3, 0.4) is 0 Å². The molecule has 0 aliphatic rings. The van der Waals surface area contributed by atoms with Gasteiger partial charge in [0.05, 0.1) is 6.61 Å². The third-order valence-corrected chi connectivity index (χ3v) is 1.99. The summed E-state index contributed by atoms with van der Waals surface area (Å²) < 4.78 is 2.96. The van der Waals surface area contributed by atoms with Gasteiger partial charge in [-0.1, -0.05) is 18.2 Å². The molecule has 0 saturated heterocycles. The highest BCUT2D eigenvalue weighted by Gasteiger charge is 1.89. The van der Waals surface area contributed by atoms with Crippen molar-refractivity contribution in [3.05, 3.63) is 30.3 Å². The van der Waals surface area contributed by atoms with Crippen LogP contribution in [0.25, 0.3) is 0 Å². The van der Waals surface area contributed by atoms with Gasteiger partial charge in [-0.05, 0) is 24.1 Å². The predicted octanol–water partition coefficient (Wildman–Crippen LogP) is 1.71. The first-order chi connectivity index (χ1) is 5.43. The van der Waals surface area contributed by atoms with E-state index in [1.54, 1.807) is 0 Å². The molecule has 0 heterocycles. The Morgan fingerprint density at radius 2 is 2.00 bits per heavy atom. The minimum atomic E-state index is -0.0696. The highest BCUT2D eigenvalue weighted by atomic mass is 32.2. The second kappa shape index (κ2) is 5.18. The van der Waals surface area contributed by atoms with Crippen molar-refractivity contribution in [2.75, 3.05) is 13.2 Å². The Morgan fingerprint density at radius 3 is 2.64 bits per heavy atom. The van der Waals surface area contributed by atoms with E-state index in [0.29, 0.717) is 6.54 Å². The number of rotatable bonds is 4. The molecule has 1 aromatic carbocycles. The average molecular weight is 168 g/mol. The SMILES string of the molecule is [O]CCNSc1ccccc1. The summed E-state index contributed by atoms with van der Waals surface area (Å²) in [6.07, 6.45) is 0. The van der Waals surface area contributed by atoms with Crippen LogP contribution in [-0.2, 0) is 5.11 Å². The normalized spacial score (nSPS) is 9.91. The maximum absolute atomic E-state index is 10.0. The third-order valence-electron chi connectivity index (χ3n) is 1.14. The Balaban J connectivity index is 2.28. The summed E-state index contributed by atoms with van der Waals surface area (Å²) in [6, 6.07) is 9.92. The van der Waals surface area contributed by atoms with Crippen molar-refractivity contribution >= 4 is 11.9 Å². The summed E-state index contributed by atoms with van der Waals surface area (Å²) in [6.45, 7) is 0.444. The molecule has 0 atom stereocenters. The fourth-order valence-electron chi connectivity index (χ4n) is 0.665. The van der Waals surface area contributed by atoms with Gasteiger partial charge in [0, 0.05) is 11.4 Å². The van der Waals surface area contributed by atoms with E-state index < -0.39 is 0 Å². The van der Waals surface area contributed by atoms with Crippen LogP contribution >= 0.6 is 11.9 Å². The molecule has 59 valence electrons. The summed E-state index contributed by atoms with van der Waals surface area (Å²) >= 11 is 1.49. The van der Waals surface area contributed by atoms with Gasteiger partial charge in [-0.25, -0.2) is 5.11 Å². The van der Waals surface area contributed by atoms with E-state index in [4.69, 9.17) is 0 Å². The lowest BCUT2D eigenvalue weighted by molar-refractivity contribution is 0.200. The Hall–Kier alpha value is -0.510. The van der Waals surface area contributed by atoms with Gasteiger partial charge in [-0.3, -0.25) is 4.72 Å². The maximum atomic E-state index is 10.0. The molecule has 0 saturated carbocycles. The summed E-state index contributed by atoms with van der Waals surface area (Å²) in [7, 11) is 0. The number of nitrogens with one attached hydrogen (secondary N) is 1.